The Morgan fingerprint density at radius 1 is 1.44 bits per heavy atom. The highest BCUT2D eigenvalue weighted by molar-refractivity contribution is 9.10. The maximum atomic E-state index is 6.06. The first-order chi connectivity index (χ1) is 8.61. The van der Waals surface area contributed by atoms with Crippen LogP contribution in [0.2, 0.25) is 0 Å². The second kappa shape index (κ2) is 6.27. The molecule has 0 spiro atoms. The largest absolute Gasteiger partial charge is 0.367 e. The van der Waals surface area contributed by atoms with E-state index in [1.54, 1.807) is 0 Å². The number of halogens is 2. The fourth-order valence-electron chi connectivity index (χ4n) is 2.68. The highest BCUT2D eigenvalue weighted by atomic mass is 79.9. The summed E-state index contributed by atoms with van der Waals surface area (Å²) in [5, 5.41) is 0. The van der Waals surface area contributed by atoms with Gasteiger partial charge in [-0.25, -0.2) is 0 Å². The number of anilines is 1. The fourth-order valence-corrected chi connectivity index (χ4v) is 3.26. The van der Waals surface area contributed by atoms with Gasteiger partial charge in [-0.15, -0.1) is 11.6 Å². The molecule has 1 atom stereocenters. The zero-order valence-corrected chi connectivity index (χ0v) is 13.3. The second-order valence-corrected chi connectivity index (χ2v) is 6.34. The molecule has 0 saturated carbocycles. The molecule has 0 aliphatic carbocycles. The van der Waals surface area contributed by atoms with Crippen LogP contribution in [0, 0.1) is 0 Å². The minimum absolute atomic E-state index is 0.577. The van der Waals surface area contributed by atoms with E-state index in [0.717, 1.165) is 17.6 Å². The highest BCUT2D eigenvalue weighted by Crippen LogP contribution is 2.32. The van der Waals surface area contributed by atoms with Crippen LogP contribution in [0.1, 0.15) is 18.4 Å². The summed E-state index contributed by atoms with van der Waals surface area (Å²) < 4.78 is 1.13. The van der Waals surface area contributed by atoms with E-state index in [-0.39, 0.29) is 0 Å². The Balaban J connectivity index is 2.26. The maximum Gasteiger partial charge on any atom is 0.0494 e. The summed E-state index contributed by atoms with van der Waals surface area (Å²) in [5.74, 6) is 0.577. The van der Waals surface area contributed by atoms with Crippen molar-refractivity contribution in [2.24, 2.45) is 0 Å². The van der Waals surface area contributed by atoms with Gasteiger partial charge in [0.25, 0.3) is 0 Å². The lowest BCUT2D eigenvalue weighted by Crippen LogP contribution is -2.38. The number of hydrogen-bond acceptors (Lipinski definition) is 2. The number of hydrogen-bond donors (Lipinski definition) is 0. The average Bonchev–Trinajstić information content (AvgIpc) is 2.76. The summed E-state index contributed by atoms with van der Waals surface area (Å²) in [7, 11) is 4.28. The van der Waals surface area contributed by atoms with Gasteiger partial charge >= 0.3 is 0 Å². The summed E-state index contributed by atoms with van der Waals surface area (Å²) in [6.07, 6.45) is 2.54. The van der Waals surface area contributed by atoms with E-state index in [1.165, 1.54) is 24.1 Å². The van der Waals surface area contributed by atoms with Crippen LogP contribution in [0.25, 0.3) is 0 Å². The number of alkyl halides is 1. The molecular formula is C14H20BrClN2. The molecule has 1 aromatic rings. The molecule has 1 unspecified atom stereocenters. The Morgan fingerprint density at radius 2 is 2.22 bits per heavy atom. The zero-order chi connectivity index (χ0) is 13.1. The topological polar surface area (TPSA) is 6.48 Å². The van der Waals surface area contributed by atoms with E-state index >= 15 is 0 Å². The van der Waals surface area contributed by atoms with Gasteiger partial charge in [-0.05, 0) is 44.6 Å². The van der Waals surface area contributed by atoms with Crippen molar-refractivity contribution in [3.8, 4) is 0 Å². The Morgan fingerprint density at radius 3 is 2.89 bits per heavy atom. The minimum Gasteiger partial charge on any atom is -0.367 e. The van der Waals surface area contributed by atoms with Gasteiger partial charge in [-0.3, -0.25) is 0 Å². The molecule has 0 bridgehead atoms. The van der Waals surface area contributed by atoms with E-state index in [1.807, 2.05) is 0 Å². The van der Waals surface area contributed by atoms with E-state index in [4.69, 9.17) is 11.6 Å². The van der Waals surface area contributed by atoms with Gasteiger partial charge in [0.2, 0.25) is 0 Å². The SMILES string of the molecule is CN(C)CC1CCCN1c1cc(Br)ccc1CCl. The Labute approximate surface area is 123 Å². The van der Waals surface area contributed by atoms with Crippen molar-refractivity contribution < 1.29 is 0 Å². The Hall–Kier alpha value is -0.250. The molecule has 2 rings (SSSR count). The van der Waals surface area contributed by atoms with Gasteiger partial charge in [0.1, 0.15) is 0 Å². The van der Waals surface area contributed by atoms with Crippen molar-refractivity contribution in [3.63, 3.8) is 0 Å². The third-order valence-corrected chi connectivity index (χ3v) is 4.23. The molecule has 1 aliphatic rings. The molecule has 4 heteroatoms. The lowest BCUT2D eigenvalue weighted by Gasteiger charge is -2.30. The second-order valence-electron chi connectivity index (χ2n) is 5.16. The van der Waals surface area contributed by atoms with E-state index in [9.17, 15) is 0 Å². The van der Waals surface area contributed by atoms with Crippen molar-refractivity contribution in [1.82, 2.24) is 4.90 Å². The maximum absolute atomic E-state index is 6.06. The van der Waals surface area contributed by atoms with Gasteiger partial charge in [0, 0.05) is 35.2 Å². The van der Waals surface area contributed by atoms with Gasteiger partial charge in [-0.2, -0.15) is 0 Å². The van der Waals surface area contributed by atoms with Crippen LogP contribution in [-0.2, 0) is 5.88 Å². The summed E-state index contributed by atoms with van der Waals surface area (Å²) in [4.78, 5) is 4.78. The highest BCUT2D eigenvalue weighted by Gasteiger charge is 2.26. The predicted octanol–water partition coefficient (Wildman–Crippen LogP) is 3.72. The predicted molar refractivity (Wildman–Crippen MR) is 82.6 cm³/mol. The van der Waals surface area contributed by atoms with Gasteiger partial charge in [-0.1, -0.05) is 22.0 Å². The fraction of sp³-hybridized carbons (Fsp3) is 0.571. The smallest absolute Gasteiger partial charge is 0.0494 e. The quantitative estimate of drug-likeness (QED) is 0.776. The van der Waals surface area contributed by atoms with Crippen molar-refractivity contribution in [2.75, 3.05) is 32.1 Å². The zero-order valence-electron chi connectivity index (χ0n) is 11.0. The Bertz CT molecular complexity index is 409. The Kier molecular flexibility index (Phi) is 4.93. The lowest BCUT2D eigenvalue weighted by molar-refractivity contribution is 0.372. The monoisotopic (exact) mass is 330 g/mol. The van der Waals surface area contributed by atoms with E-state index in [0.29, 0.717) is 11.9 Å². The van der Waals surface area contributed by atoms with Crippen LogP contribution in [0.4, 0.5) is 5.69 Å². The molecule has 0 radical (unpaired) electrons. The molecule has 1 aromatic carbocycles. The van der Waals surface area contributed by atoms with Crippen molar-refractivity contribution in [2.45, 2.75) is 24.8 Å². The van der Waals surface area contributed by atoms with Gasteiger partial charge < -0.3 is 9.80 Å². The summed E-state index contributed by atoms with van der Waals surface area (Å²) in [6.45, 7) is 2.24. The number of likely N-dealkylation sites (N-methyl/N-ethyl adjacent to an activating group) is 1. The summed E-state index contributed by atoms with van der Waals surface area (Å²) in [6, 6.07) is 7.00. The molecule has 0 amide bonds. The molecule has 2 nitrogen and oxygen atoms in total. The molecule has 1 heterocycles. The van der Waals surface area contributed by atoms with Crippen LogP contribution in [0.15, 0.2) is 22.7 Å². The standard InChI is InChI=1S/C14H20BrClN2/c1-17(2)10-13-4-3-7-18(13)14-8-12(15)6-5-11(14)9-16/h5-6,8,13H,3-4,7,9-10H2,1-2H3. The van der Waals surface area contributed by atoms with Crippen LogP contribution >= 0.6 is 27.5 Å². The van der Waals surface area contributed by atoms with Crippen LogP contribution in [0.3, 0.4) is 0 Å². The first-order valence-electron chi connectivity index (χ1n) is 6.37. The van der Waals surface area contributed by atoms with Crippen molar-refractivity contribution >= 4 is 33.2 Å². The minimum atomic E-state index is 0.577. The van der Waals surface area contributed by atoms with E-state index in [2.05, 4.69) is 58.0 Å². The molecule has 0 aromatic heterocycles. The third-order valence-electron chi connectivity index (χ3n) is 3.45. The lowest BCUT2D eigenvalue weighted by atomic mass is 10.1. The number of nitrogens with zero attached hydrogens (tertiary/aromatic N) is 2. The average molecular weight is 332 g/mol. The van der Waals surface area contributed by atoms with E-state index < -0.39 is 0 Å². The first kappa shape index (κ1) is 14.2. The van der Waals surface area contributed by atoms with Crippen LogP contribution in [-0.4, -0.2) is 38.1 Å². The van der Waals surface area contributed by atoms with Crippen molar-refractivity contribution in [3.05, 3.63) is 28.2 Å². The first-order valence-corrected chi connectivity index (χ1v) is 7.70. The van der Waals surface area contributed by atoms with Gasteiger partial charge in [0.05, 0.1) is 0 Å². The molecule has 0 N–H and O–H groups in total. The number of rotatable bonds is 4. The normalized spacial score (nSPS) is 19.8. The molecule has 18 heavy (non-hydrogen) atoms. The molecule has 1 aliphatic heterocycles. The van der Waals surface area contributed by atoms with Crippen LogP contribution in [0.5, 0.6) is 0 Å². The third kappa shape index (κ3) is 3.19. The molecule has 100 valence electrons. The van der Waals surface area contributed by atoms with Gasteiger partial charge in [0.15, 0.2) is 0 Å². The summed E-state index contributed by atoms with van der Waals surface area (Å²) in [5.41, 5.74) is 2.52. The summed E-state index contributed by atoms with van der Waals surface area (Å²) >= 11 is 9.63. The molecule has 1 saturated heterocycles. The molecule has 1 fully saturated rings. The number of benzene rings is 1. The van der Waals surface area contributed by atoms with Crippen LogP contribution < -0.4 is 4.90 Å². The molecular weight excluding hydrogens is 312 g/mol. The van der Waals surface area contributed by atoms with Crippen molar-refractivity contribution in [1.29, 1.82) is 0 Å².